The molecule has 0 aromatic carbocycles. The minimum Gasteiger partial charge on any atom is -0.386 e. The standard InChI is InChI=1S/C20H35N2O7/c1-2-3-4-5-7-10-13-17(21(26)27)19(24)16-20(25)18(22(28)29)14-11-8-6-9-12-15-23/h8,11,17-20,24-25H,2-7,9-10,12-14,16H2,1H3/b11-8-. The topological polar surface area (TPSA) is 144 Å². The molecule has 0 aliphatic carbocycles. The van der Waals surface area contributed by atoms with Gasteiger partial charge in [-0.15, -0.1) is 0 Å². The predicted octanol–water partition coefficient (Wildman–Crippen LogP) is 3.37. The summed E-state index contributed by atoms with van der Waals surface area (Å²) in [5.41, 5.74) is 0. The van der Waals surface area contributed by atoms with E-state index in [1.54, 1.807) is 18.4 Å². The lowest BCUT2D eigenvalue weighted by molar-refractivity contribution is -0.543. The Morgan fingerprint density at radius 3 is 2.07 bits per heavy atom. The minimum atomic E-state index is -1.49. The SMILES string of the molecule is CCCCCCCCC(C(O)CC(O)C(C/C=C\CCC[C]=O)[N+](=O)[O-])[N+](=O)[O-]. The lowest BCUT2D eigenvalue weighted by Gasteiger charge is -2.20. The molecule has 2 N–H and O–H groups in total. The maximum absolute atomic E-state index is 11.3. The number of hydrogen-bond donors (Lipinski definition) is 2. The van der Waals surface area contributed by atoms with Crippen LogP contribution in [0, 0.1) is 20.2 Å². The van der Waals surface area contributed by atoms with Crippen LogP contribution in [0.2, 0.25) is 0 Å². The van der Waals surface area contributed by atoms with Gasteiger partial charge in [-0.1, -0.05) is 51.2 Å². The van der Waals surface area contributed by atoms with Crippen molar-refractivity contribution in [2.45, 2.75) is 108 Å². The molecule has 0 aliphatic rings. The van der Waals surface area contributed by atoms with E-state index < -0.39 is 40.6 Å². The normalized spacial score (nSPS) is 15.7. The summed E-state index contributed by atoms with van der Waals surface area (Å²) < 4.78 is 0. The van der Waals surface area contributed by atoms with Gasteiger partial charge in [-0.3, -0.25) is 25.0 Å². The summed E-state index contributed by atoms with van der Waals surface area (Å²) >= 11 is 0. The number of nitro groups is 2. The molecule has 1 radical (unpaired) electrons. The monoisotopic (exact) mass is 415 g/mol. The van der Waals surface area contributed by atoms with Gasteiger partial charge in [0.25, 0.3) is 0 Å². The molecule has 0 bridgehead atoms. The molecule has 0 aliphatic heterocycles. The summed E-state index contributed by atoms with van der Waals surface area (Å²) in [4.78, 5) is 31.4. The van der Waals surface area contributed by atoms with E-state index in [1.165, 1.54) is 0 Å². The van der Waals surface area contributed by atoms with Gasteiger partial charge in [-0.25, -0.2) is 0 Å². The molecule has 29 heavy (non-hydrogen) atoms. The Morgan fingerprint density at radius 1 is 0.897 bits per heavy atom. The van der Waals surface area contributed by atoms with Crippen LogP contribution in [0.4, 0.5) is 0 Å². The van der Waals surface area contributed by atoms with Crippen molar-refractivity contribution in [3.63, 3.8) is 0 Å². The van der Waals surface area contributed by atoms with E-state index in [1.807, 2.05) is 0 Å². The molecule has 4 atom stereocenters. The van der Waals surface area contributed by atoms with Gasteiger partial charge in [-0.05, 0) is 19.3 Å². The molecule has 0 heterocycles. The van der Waals surface area contributed by atoms with Gasteiger partial charge in [0.2, 0.25) is 12.1 Å². The number of nitrogens with zero attached hydrogens (tertiary/aromatic N) is 2. The minimum absolute atomic E-state index is 0.0494. The van der Waals surface area contributed by atoms with Gasteiger partial charge in [0.05, 0.1) is 0 Å². The Kier molecular flexibility index (Phi) is 15.9. The highest BCUT2D eigenvalue weighted by Crippen LogP contribution is 2.18. The number of rotatable bonds is 19. The molecule has 0 amide bonds. The zero-order valence-electron chi connectivity index (χ0n) is 17.3. The van der Waals surface area contributed by atoms with Gasteiger partial charge >= 0.3 is 0 Å². The van der Waals surface area contributed by atoms with Crippen molar-refractivity contribution in [1.82, 2.24) is 0 Å². The highest BCUT2D eigenvalue weighted by Gasteiger charge is 2.36. The fourth-order valence-corrected chi connectivity index (χ4v) is 3.16. The molecule has 0 rings (SSSR count). The first-order chi connectivity index (χ1) is 13.8. The predicted molar refractivity (Wildman–Crippen MR) is 109 cm³/mol. The van der Waals surface area contributed by atoms with Crippen LogP contribution in [0.1, 0.15) is 84.0 Å². The molecule has 0 spiro atoms. The summed E-state index contributed by atoms with van der Waals surface area (Å²) in [6.45, 7) is 2.10. The zero-order valence-corrected chi connectivity index (χ0v) is 17.3. The molecule has 167 valence electrons. The van der Waals surface area contributed by atoms with E-state index in [0.29, 0.717) is 25.7 Å². The number of aliphatic hydroxyl groups is 2. The summed E-state index contributed by atoms with van der Waals surface area (Å²) in [6.07, 6.45) is 8.97. The second-order valence-corrected chi connectivity index (χ2v) is 7.38. The first-order valence-corrected chi connectivity index (χ1v) is 10.5. The fourth-order valence-electron chi connectivity index (χ4n) is 3.16. The van der Waals surface area contributed by atoms with Crippen LogP contribution in [0.25, 0.3) is 0 Å². The van der Waals surface area contributed by atoms with Crippen LogP contribution in [0.3, 0.4) is 0 Å². The second kappa shape index (κ2) is 17.0. The van der Waals surface area contributed by atoms with E-state index in [4.69, 9.17) is 0 Å². The van der Waals surface area contributed by atoms with Crippen LogP contribution in [0.15, 0.2) is 12.2 Å². The summed E-state index contributed by atoms with van der Waals surface area (Å²) in [6, 6.07) is -2.58. The van der Waals surface area contributed by atoms with Crippen LogP contribution in [-0.4, -0.2) is 50.6 Å². The molecular formula is C20H35N2O7. The van der Waals surface area contributed by atoms with Crippen molar-refractivity contribution in [2.75, 3.05) is 0 Å². The van der Waals surface area contributed by atoms with Crippen LogP contribution in [0.5, 0.6) is 0 Å². The average Bonchev–Trinajstić information content (AvgIpc) is 2.65. The third-order valence-electron chi connectivity index (χ3n) is 4.96. The van der Waals surface area contributed by atoms with Crippen LogP contribution >= 0.6 is 0 Å². The molecular weight excluding hydrogens is 380 g/mol. The largest absolute Gasteiger partial charge is 0.386 e. The first kappa shape index (κ1) is 27.1. The lowest BCUT2D eigenvalue weighted by atomic mass is 9.95. The van der Waals surface area contributed by atoms with Gasteiger partial charge < -0.3 is 10.2 Å². The van der Waals surface area contributed by atoms with Gasteiger partial charge in [0, 0.05) is 35.5 Å². The van der Waals surface area contributed by atoms with Crippen molar-refractivity contribution in [3.05, 3.63) is 32.4 Å². The molecule has 9 heteroatoms. The smallest absolute Gasteiger partial charge is 0.242 e. The van der Waals surface area contributed by atoms with Gasteiger partial charge in [0.15, 0.2) is 6.29 Å². The maximum Gasteiger partial charge on any atom is 0.242 e. The molecule has 4 unspecified atom stereocenters. The van der Waals surface area contributed by atoms with E-state index in [-0.39, 0.29) is 12.8 Å². The van der Waals surface area contributed by atoms with Crippen LogP contribution < -0.4 is 0 Å². The molecule has 9 nitrogen and oxygen atoms in total. The molecule has 0 aromatic heterocycles. The number of carbonyl (C=O) groups excluding carboxylic acids is 1. The van der Waals surface area contributed by atoms with E-state index in [0.717, 1.165) is 32.1 Å². The van der Waals surface area contributed by atoms with Crippen molar-refractivity contribution < 1.29 is 24.9 Å². The summed E-state index contributed by atoms with van der Waals surface area (Å²) in [7, 11) is 0. The van der Waals surface area contributed by atoms with Crippen molar-refractivity contribution in [2.24, 2.45) is 0 Å². The number of aliphatic hydroxyl groups excluding tert-OH is 2. The third kappa shape index (κ3) is 13.1. The Bertz CT molecular complexity index is 499. The fraction of sp³-hybridized carbons (Fsp3) is 0.850. The third-order valence-corrected chi connectivity index (χ3v) is 4.96. The highest BCUT2D eigenvalue weighted by atomic mass is 16.6. The Labute approximate surface area is 172 Å². The van der Waals surface area contributed by atoms with Crippen LogP contribution in [-0.2, 0) is 4.79 Å². The Morgan fingerprint density at radius 2 is 1.48 bits per heavy atom. The van der Waals surface area contributed by atoms with E-state index in [9.17, 15) is 35.2 Å². The maximum atomic E-state index is 11.3. The van der Waals surface area contributed by atoms with Crippen molar-refractivity contribution >= 4 is 6.29 Å². The second-order valence-electron chi connectivity index (χ2n) is 7.38. The molecule has 0 fully saturated rings. The number of unbranched alkanes of at least 4 members (excludes halogenated alkanes) is 7. The van der Waals surface area contributed by atoms with Crippen molar-refractivity contribution in [3.8, 4) is 0 Å². The average molecular weight is 416 g/mol. The Hall–Kier alpha value is -1.87. The summed E-state index contributed by atoms with van der Waals surface area (Å²) in [5.74, 6) is 0. The quantitative estimate of drug-likeness (QED) is 0.142. The lowest BCUT2D eigenvalue weighted by Crippen LogP contribution is -2.41. The number of allylic oxidation sites excluding steroid dienone is 1. The molecule has 0 aromatic rings. The van der Waals surface area contributed by atoms with E-state index >= 15 is 0 Å². The Balaban J connectivity index is 4.57. The van der Waals surface area contributed by atoms with Crippen molar-refractivity contribution in [1.29, 1.82) is 0 Å². The van der Waals surface area contributed by atoms with Gasteiger partial charge in [0.1, 0.15) is 12.2 Å². The molecule has 0 saturated heterocycles. The first-order valence-electron chi connectivity index (χ1n) is 10.5. The number of hydrogen-bond acceptors (Lipinski definition) is 7. The van der Waals surface area contributed by atoms with Gasteiger partial charge in [-0.2, -0.15) is 0 Å². The zero-order chi connectivity index (χ0) is 22.1. The highest BCUT2D eigenvalue weighted by molar-refractivity contribution is 5.50. The molecule has 0 saturated carbocycles. The van der Waals surface area contributed by atoms with E-state index in [2.05, 4.69) is 6.92 Å². The summed E-state index contributed by atoms with van der Waals surface area (Å²) in [5, 5.41) is 42.9.